The van der Waals surface area contributed by atoms with Crippen LogP contribution in [-0.2, 0) is 21.7 Å². The monoisotopic (exact) mass is 1000 g/mol. The maximum Gasteiger partial charge on any atom is 0.248 e. The van der Waals surface area contributed by atoms with Crippen molar-refractivity contribution in [2.24, 2.45) is 0 Å². The fourth-order valence-electron chi connectivity index (χ4n) is 9.94. The summed E-state index contributed by atoms with van der Waals surface area (Å²) in [5, 5.41) is 28.2. The Balaban J connectivity index is 0.000000174. The molecular formula is C68H72N6O2. The minimum absolute atomic E-state index is 0.0830. The summed E-state index contributed by atoms with van der Waals surface area (Å²) in [6.07, 6.45) is 0. The van der Waals surface area contributed by atoms with Gasteiger partial charge < -0.3 is 18.6 Å². The Kier molecular flexibility index (Phi) is 13.0. The molecule has 0 N–H and O–H groups in total. The largest absolute Gasteiger partial charge is 0.416 e. The summed E-state index contributed by atoms with van der Waals surface area (Å²) in [6, 6.07) is 52.0. The third-order valence-corrected chi connectivity index (χ3v) is 14.9. The van der Waals surface area contributed by atoms with E-state index < -0.39 is 0 Å². The van der Waals surface area contributed by atoms with Crippen LogP contribution in [0.15, 0.2) is 154 Å². The van der Waals surface area contributed by atoms with Gasteiger partial charge in [-0.1, -0.05) is 132 Å². The van der Waals surface area contributed by atoms with Crippen molar-refractivity contribution in [3.8, 4) is 56.9 Å². The molecule has 0 saturated carbocycles. The maximum absolute atomic E-state index is 5.96. The Hall–Kier alpha value is -7.84. The van der Waals surface area contributed by atoms with Gasteiger partial charge in [-0.05, 0) is 195 Å². The van der Waals surface area contributed by atoms with Gasteiger partial charge in [0, 0.05) is 61.8 Å². The molecule has 0 amide bonds. The Morgan fingerprint density at radius 1 is 0.289 bits per heavy atom. The third kappa shape index (κ3) is 10.2. The van der Waals surface area contributed by atoms with Crippen LogP contribution in [0.2, 0.25) is 0 Å². The summed E-state index contributed by atoms with van der Waals surface area (Å²) in [5.41, 5.74) is 13.8. The van der Waals surface area contributed by atoms with E-state index >= 15 is 0 Å². The molecule has 0 aliphatic heterocycles. The molecule has 11 rings (SSSR count). The molecular weight excluding hydrogens is 933 g/mol. The summed E-state index contributed by atoms with van der Waals surface area (Å²) in [5.74, 6) is 1.96. The molecule has 0 atom stereocenters. The molecule has 0 bridgehead atoms. The van der Waals surface area contributed by atoms with Crippen molar-refractivity contribution in [1.29, 1.82) is 0 Å². The number of aromatic nitrogens is 4. The zero-order valence-electron chi connectivity index (χ0n) is 47.4. The normalized spacial score (nSPS) is 12.5. The molecule has 11 aromatic rings. The molecule has 0 aliphatic rings. The van der Waals surface area contributed by atoms with E-state index in [1.165, 1.54) is 65.3 Å². The maximum atomic E-state index is 5.96. The highest BCUT2D eigenvalue weighted by atomic mass is 16.4. The SMILES string of the molecule is CC(C)(C)c1cc2cc(C(C)(C)C)cc3c4cc(C(C)(C)C)cc5cc(C(C)(C)C)cc(c(c1)c23)c54.CN(C)c1ccc(-c2nnc(-c3ccc(-c4ccc(-c5nnc(-c6ccc(N(C)C)cc6)o5)cc4)cc3)o2)cc1. The molecule has 9 aromatic carbocycles. The predicted molar refractivity (Wildman–Crippen MR) is 320 cm³/mol. The van der Waals surface area contributed by atoms with Crippen molar-refractivity contribution in [3.05, 3.63) is 168 Å². The predicted octanol–water partition coefficient (Wildman–Crippen LogP) is 17.8. The van der Waals surface area contributed by atoms with Gasteiger partial charge in [0.1, 0.15) is 0 Å². The molecule has 8 nitrogen and oxygen atoms in total. The van der Waals surface area contributed by atoms with Crippen molar-refractivity contribution in [2.75, 3.05) is 38.0 Å². The molecule has 0 radical (unpaired) electrons. The van der Waals surface area contributed by atoms with Crippen LogP contribution >= 0.6 is 0 Å². The van der Waals surface area contributed by atoms with Crippen molar-refractivity contribution >= 4 is 54.5 Å². The van der Waals surface area contributed by atoms with Gasteiger partial charge in [0.2, 0.25) is 23.6 Å². The number of nitrogens with zero attached hydrogens (tertiary/aromatic N) is 6. The van der Waals surface area contributed by atoms with Gasteiger partial charge in [-0.3, -0.25) is 0 Å². The fraction of sp³-hybridized carbons (Fsp3) is 0.294. The molecule has 2 aromatic heterocycles. The van der Waals surface area contributed by atoms with Crippen LogP contribution in [-0.4, -0.2) is 48.6 Å². The minimum atomic E-state index is 0.0830. The Labute approximate surface area is 449 Å². The summed E-state index contributed by atoms with van der Waals surface area (Å²) >= 11 is 0. The number of hydrogen-bond acceptors (Lipinski definition) is 8. The topological polar surface area (TPSA) is 84.3 Å². The molecule has 0 saturated heterocycles. The van der Waals surface area contributed by atoms with Crippen LogP contribution < -0.4 is 9.80 Å². The fourth-order valence-corrected chi connectivity index (χ4v) is 9.94. The smallest absolute Gasteiger partial charge is 0.248 e. The summed E-state index contributed by atoms with van der Waals surface area (Å²) in [6.45, 7) is 28.0. The number of anilines is 2. The average Bonchev–Trinajstić information content (AvgIpc) is 4.15. The molecule has 0 fully saturated rings. The standard InChI is InChI=1S/C36H44.C32H28N6O2/c1-33(2,3)23-13-21-14-24(34(4,5)6)19-29-30-20-26(36(10,11)12)16-22-15-25(35(7,8)9)18-28(32(22)30)27(17-23)31(21)29;1-37(2)27-17-13-25(14-18-27)31-35-33-29(39-31)23-9-5-21(6-10-23)22-7-11-24(12-8-22)30-34-36-32(40-30)26-15-19-28(20-16-26)38(3)4/h13-20H,1-12H3;5-20H,1-4H3. The van der Waals surface area contributed by atoms with Gasteiger partial charge in [0.05, 0.1) is 0 Å². The first kappa shape index (κ1) is 51.6. The molecule has 76 heavy (non-hydrogen) atoms. The molecule has 2 heterocycles. The number of hydrogen-bond donors (Lipinski definition) is 0. The first-order chi connectivity index (χ1) is 35.8. The lowest BCUT2D eigenvalue weighted by Crippen LogP contribution is -2.14. The Morgan fingerprint density at radius 2 is 0.500 bits per heavy atom. The van der Waals surface area contributed by atoms with Crippen LogP contribution in [0, 0.1) is 0 Å². The van der Waals surface area contributed by atoms with Gasteiger partial charge in [0.15, 0.2) is 0 Å². The van der Waals surface area contributed by atoms with E-state index in [-0.39, 0.29) is 21.7 Å². The molecule has 386 valence electrons. The van der Waals surface area contributed by atoms with Crippen molar-refractivity contribution < 1.29 is 8.83 Å². The van der Waals surface area contributed by atoms with Crippen LogP contribution in [0.25, 0.3) is 100 Å². The Morgan fingerprint density at radius 3 is 0.711 bits per heavy atom. The van der Waals surface area contributed by atoms with E-state index in [2.05, 4.69) is 152 Å². The van der Waals surface area contributed by atoms with Crippen LogP contribution in [0.5, 0.6) is 0 Å². The van der Waals surface area contributed by atoms with E-state index in [1.807, 2.05) is 135 Å². The summed E-state index contributed by atoms with van der Waals surface area (Å²) in [7, 11) is 8.03. The van der Waals surface area contributed by atoms with Crippen LogP contribution in [0.3, 0.4) is 0 Å². The minimum Gasteiger partial charge on any atom is -0.416 e. The lowest BCUT2D eigenvalue weighted by atomic mass is 9.76. The van der Waals surface area contributed by atoms with Gasteiger partial charge in [-0.2, -0.15) is 0 Å². The van der Waals surface area contributed by atoms with E-state index in [0.717, 1.165) is 44.8 Å². The van der Waals surface area contributed by atoms with Crippen LogP contribution in [0.4, 0.5) is 11.4 Å². The van der Waals surface area contributed by atoms with Crippen molar-refractivity contribution in [3.63, 3.8) is 0 Å². The summed E-state index contributed by atoms with van der Waals surface area (Å²) in [4.78, 5) is 4.09. The van der Waals surface area contributed by atoms with E-state index in [9.17, 15) is 0 Å². The first-order valence-corrected chi connectivity index (χ1v) is 26.5. The van der Waals surface area contributed by atoms with Gasteiger partial charge in [-0.25, -0.2) is 0 Å². The quantitative estimate of drug-likeness (QED) is 0.115. The van der Waals surface area contributed by atoms with E-state index in [0.29, 0.717) is 23.6 Å². The van der Waals surface area contributed by atoms with Gasteiger partial charge in [0.25, 0.3) is 0 Å². The average molecular weight is 1010 g/mol. The number of rotatable bonds is 7. The molecule has 0 spiro atoms. The number of fused-ring (bicyclic) bond motifs is 2. The highest BCUT2D eigenvalue weighted by Gasteiger charge is 2.26. The second kappa shape index (κ2) is 19.1. The molecule has 8 heteroatoms. The van der Waals surface area contributed by atoms with Crippen molar-refractivity contribution in [1.82, 2.24) is 20.4 Å². The highest BCUT2D eigenvalue weighted by Crippen LogP contribution is 2.47. The highest BCUT2D eigenvalue weighted by molar-refractivity contribution is 6.33. The summed E-state index contributed by atoms with van der Waals surface area (Å²) < 4.78 is 11.9. The first-order valence-electron chi connectivity index (χ1n) is 26.5. The second-order valence-electron chi connectivity index (χ2n) is 25.2. The second-order valence-corrected chi connectivity index (χ2v) is 25.2. The Bertz CT molecular complexity index is 3500. The number of benzene rings is 9. The van der Waals surface area contributed by atoms with E-state index in [4.69, 9.17) is 8.83 Å². The van der Waals surface area contributed by atoms with Crippen molar-refractivity contribution in [2.45, 2.75) is 105 Å². The lowest BCUT2D eigenvalue weighted by molar-refractivity contribution is 0.584. The molecule has 0 unspecified atom stereocenters. The van der Waals surface area contributed by atoms with Gasteiger partial charge in [-0.15, -0.1) is 20.4 Å². The van der Waals surface area contributed by atoms with E-state index in [1.54, 1.807) is 0 Å². The lowest BCUT2D eigenvalue weighted by Gasteiger charge is -2.28. The zero-order valence-corrected chi connectivity index (χ0v) is 47.4. The molecule has 0 aliphatic carbocycles. The third-order valence-electron chi connectivity index (χ3n) is 14.9. The van der Waals surface area contributed by atoms with Gasteiger partial charge >= 0.3 is 0 Å². The van der Waals surface area contributed by atoms with Crippen LogP contribution in [0.1, 0.15) is 105 Å². The zero-order chi connectivity index (χ0) is 54.2.